The first kappa shape index (κ1) is 19.6. The minimum absolute atomic E-state index is 0.0876. The fraction of sp³-hybridized carbons (Fsp3) is 0.350. The van der Waals surface area contributed by atoms with Crippen LogP contribution in [0.1, 0.15) is 6.42 Å². The number of nitrogens with zero attached hydrogens (tertiary/aromatic N) is 2. The van der Waals surface area contributed by atoms with Gasteiger partial charge in [0.25, 0.3) is 5.36 Å². The summed E-state index contributed by atoms with van der Waals surface area (Å²) in [4.78, 5) is 4.99. The van der Waals surface area contributed by atoms with Crippen molar-refractivity contribution in [3.05, 3.63) is 46.1 Å². The number of nitrogens with one attached hydrogen (secondary N) is 2. The van der Waals surface area contributed by atoms with Crippen molar-refractivity contribution in [2.75, 3.05) is 46.7 Å². The van der Waals surface area contributed by atoms with Crippen molar-refractivity contribution in [2.24, 2.45) is 0 Å². The van der Waals surface area contributed by atoms with E-state index in [4.69, 9.17) is 9.47 Å². The van der Waals surface area contributed by atoms with E-state index >= 15 is 0 Å². The second-order valence-electron chi connectivity index (χ2n) is 6.77. The maximum absolute atomic E-state index is 11.9. The van der Waals surface area contributed by atoms with Gasteiger partial charge in [0, 0.05) is 23.5 Å². The predicted octanol–water partition coefficient (Wildman–Crippen LogP) is 2.42. The topological polar surface area (TPSA) is 98.7 Å². The number of benzene rings is 2. The molecule has 8 heteroatoms. The molecule has 2 aliphatic rings. The summed E-state index contributed by atoms with van der Waals surface area (Å²) in [5, 5.41) is 28.1. The summed E-state index contributed by atoms with van der Waals surface area (Å²) < 4.78 is 10.8. The van der Waals surface area contributed by atoms with Crippen molar-refractivity contribution < 1.29 is 9.47 Å². The highest BCUT2D eigenvalue weighted by molar-refractivity contribution is 6.01. The van der Waals surface area contributed by atoms with E-state index in [2.05, 4.69) is 15.2 Å². The number of hydrogen-bond acceptors (Lipinski definition) is 6. The van der Waals surface area contributed by atoms with Crippen LogP contribution in [0.4, 0.5) is 5.69 Å². The van der Waals surface area contributed by atoms with Gasteiger partial charge in [-0.3, -0.25) is 0 Å². The Hall–Kier alpha value is -3.13. The van der Waals surface area contributed by atoms with E-state index in [9.17, 15) is 10.4 Å². The number of aromatic amines is 1. The van der Waals surface area contributed by atoms with E-state index < -0.39 is 4.90 Å². The van der Waals surface area contributed by atoms with Gasteiger partial charge in [-0.2, -0.15) is 4.90 Å². The van der Waals surface area contributed by atoms with Crippen LogP contribution in [0, 0.1) is 10.4 Å². The molecule has 3 rings (SSSR count). The van der Waals surface area contributed by atoms with Gasteiger partial charge in [0.05, 0.1) is 25.6 Å². The fourth-order valence-electron chi connectivity index (χ4n) is 3.36. The molecule has 0 aromatic heterocycles. The van der Waals surface area contributed by atoms with Crippen molar-refractivity contribution in [2.45, 2.75) is 6.42 Å². The lowest BCUT2D eigenvalue weighted by molar-refractivity contribution is 0.389. The molecule has 8 nitrogen and oxygen atoms in total. The van der Waals surface area contributed by atoms with Crippen LogP contribution in [0.3, 0.4) is 0 Å². The number of aromatic nitrogens is 1. The standard InChI is InChI=1S/C20H25N4O4/c1-23(2)11-7-10-21-18-13-8-5-6-9-14(13)22-19-15(27-3)12-16(28-4)20(17(18)19)24(25)26/h5-6,8-9,12,21-22H,7,10-11H2,1-4H3/q-1. The van der Waals surface area contributed by atoms with Gasteiger partial charge in [-0.25, -0.2) is 0 Å². The van der Waals surface area contributed by atoms with Gasteiger partial charge in [0.15, 0.2) is 5.75 Å². The normalized spacial score (nSPS) is 11.2. The number of hydrogen-bond donors (Lipinski definition) is 2. The summed E-state index contributed by atoms with van der Waals surface area (Å²) in [7, 11) is 6.99. The Labute approximate surface area is 163 Å². The number of H-pyrrole nitrogens is 1. The van der Waals surface area contributed by atoms with Crippen LogP contribution in [-0.2, 0) is 0 Å². The summed E-state index contributed by atoms with van der Waals surface area (Å²) in [6, 6.07) is 9.26. The first-order valence-electron chi connectivity index (χ1n) is 9.03. The second-order valence-corrected chi connectivity index (χ2v) is 6.77. The van der Waals surface area contributed by atoms with Gasteiger partial charge in [-0.05, 0) is 33.1 Å². The Balaban J connectivity index is 2.33. The van der Waals surface area contributed by atoms with E-state index in [0.29, 0.717) is 29.2 Å². The molecule has 1 aromatic rings. The molecular weight excluding hydrogens is 360 g/mol. The van der Waals surface area contributed by atoms with E-state index in [-0.39, 0.29) is 11.1 Å². The average molecular weight is 385 g/mol. The number of rotatable bonds is 7. The second kappa shape index (κ2) is 8.26. The van der Waals surface area contributed by atoms with Gasteiger partial charge in [0.2, 0.25) is 0 Å². The third-order valence-corrected chi connectivity index (χ3v) is 4.64. The van der Waals surface area contributed by atoms with Crippen molar-refractivity contribution in [3.63, 3.8) is 0 Å². The molecule has 0 atom stereocenters. The van der Waals surface area contributed by atoms with E-state index in [0.717, 1.165) is 23.9 Å². The Morgan fingerprint density at radius 2 is 1.82 bits per heavy atom. The molecule has 0 saturated carbocycles. The lowest BCUT2D eigenvalue weighted by Gasteiger charge is -2.21. The number of methoxy groups -OCH3 is 2. The van der Waals surface area contributed by atoms with E-state index in [1.54, 1.807) is 6.07 Å². The Bertz CT molecular complexity index is 1010. The van der Waals surface area contributed by atoms with Crippen LogP contribution in [0.5, 0.6) is 11.5 Å². The van der Waals surface area contributed by atoms with Crippen molar-refractivity contribution in [1.82, 2.24) is 14.8 Å². The molecule has 2 N–H and O–H groups in total. The van der Waals surface area contributed by atoms with Crippen LogP contribution < -0.4 is 25.0 Å². The van der Waals surface area contributed by atoms with Crippen LogP contribution in [0.15, 0.2) is 30.3 Å². The summed E-state index contributed by atoms with van der Waals surface area (Å²) in [6.45, 7) is 1.59. The number of pyridine rings is 1. The van der Waals surface area contributed by atoms with E-state index in [1.807, 2.05) is 38.4 Å². The summed E-state index contributed by atoms with van der Waals surface area (Å²) in [5.74, 6) is 0.647. The Morgan fingerprint density at radius 1 is 1.11 bits per heavy atom. The SMILES string of the molecule is COc1cc(OC)c(=[N+]([O-])[O-])c2c(NCCCN(C)C)c3ccccc3[nH]c1-2. The molecule has 0 amide bonds. The Kier molecular flexibility index (Phi) is 5.79. The highest BCUT2D eigenvalue weighted by Gasteiger charge is 2.25. The molecule has 0 radical (unpaired) electrons. The molecular formula is C20H25N4O4-. The van der Waals surface area contributed by atoms with Gasteiger partial charge in [-0.1, -0.05) is 18.2 Å². The number of anilines is 1. The highest BCUT2D eigenvalue weighted by Crippen LogP contribution is 2.39. The lowest BCUT2D eigenvalue weighted by Crippen LogP contribution is -2.26. The summed E-state index contributed by atoms with van der Waals surface area (Å²) >= 11 is 0. The fourth-order valence-corrected chi connectivity index (χ4v) is 3.36. The lowest BCUT2D eigenvalue weighted by atomic mass is 10.00. The number of ether oxygens (including phenoxy) is 2. The minimum atomic E-state index is -0.409. The first-order chi connectivity index (χ1) is 13.5. The highest BCUT2D eigenvalue weighted by atomic mass is 16.8. The average Bonchev–Trinajstić information content (AvgIpc) is 2.68. The molecule has 0 bridgehead atoms. The summed E-state index contributed by atoms with van der Waals surface area (Å²) in [6.07, 6.45) is 0.899. The molecule has 1 aromatic carbocycles. The van der Waals surface area contributed by atoms with Gasteiger partial charge < -0.3 is 35.1 Å². The molecule has 0 unspecified atom stereocenters. The maximum Gasteiger partial charge on any atom is 0.276 e. The number of para-hydroxylation sites is 1. The summed E-state index contributed by atoms with van der Waals surface area (Å²) in [5.41, 5.74) is 2.57. The third-order valence-electron chi connectivity index (χ3n) is 4.64. The smallest absolute Gasteiger partial charge is 0.276 e. The van der Waals surface area contributed by atoms with Crippen LogP contribution in [-0.4, -0.2) is 51.3 Å². The van der Waals surface area contributed by atoms with Gasteiger partial charge in [-0.15, -0.1) is 0 Å². The molecule has 0 fully saturated rings. The predicted molar refractivity (Wildman–Crippen MR) is 112 cm³/mol. The van der Waals surface area contributed by atoms with E-state index in [1.165, 1.54) is 14.2 Å². The third kappa shape index (κ3) is 3.63. The zero-order valence-corrected chi connectivity index (χ0v) is 16.5. The Morgan fingerprint density at radius 3 is 2.46 bits per heavy atom. The van der Waals surface area contributed by atoms with Crippen LogP contribution in [0.2, 0.25) is 0 Å². The molecule has 1 aliphatic carbocycles. The monoisotopic (exact) mass is 385 g/mol. The molecule has 150 valence electrons. The molecule has 0 spiro atoms. The van der Waals surface area contributed by atoms with Crippen molar-refractivity contribution in [1.29, 1.82) is 0 Å². The van der Waals surface area contributed by atoms with Crippen molar-refractivity contribution >= 4 is 16.6 Å². The van der Waals surface area contributed by atoms with Crippen molar-refractivity contribution in [3.8, 4) is 22.8 Å². The quantitative estimate of drug-likeness (QED) is 0.368. The maximum atomic E-state index is 11.9. The van der Waals surface area contributed by atoms with Gasteiger partial charge >= 0.3 is 0 Å². The molecule has 0 saturated heterocycles. The number of fused-ring (bicyclic) bond motifs is 2. The van der Waals surface area contributed by atoms with Gasteiger partial charge in [0.1, 0.15) is 11.3 Å². The molecule has 28 heavy (non-hydrogen) atoms. The van der Waals surface area contributed by atoms with Crippen LogP contribution in [0.25, 0.3) is 22.2 Å². The molecule has 1 heterocycles. The largest absolute Gasteiger partial charge is 0.612 e. The minimum Gasteiger partial charge on any atom is -0.612 e. The first-order valence-corrected chi connectivity index (χ1v) is 9.03. The molecule has 1 aliphatic heterocycles. The zero-order valence-electron chi connectivity index (χ0n) is 16.5. The van der Waals surface area contributed by atoms with Crippen LogP contribution >= 0.6 is 0 Å². The zero-order chi connectivity index (χ0) is 20.3.